The Kier molecular flexibility index (Phi) is 8.12. The summed E-state index contributed by atoms with van der Waals surface area (Å²) in [6.07, 6.45) is 0.825. The Morgan fingerprint density at radius 3 is 2.65 bits per heavy atom. The number of ether oxygens (including phenoxy) is 1. The number of carbonyl (C=O) groups excluding carboxylic acids is 2. The summed E-state index contributed by atoms with van der Waals surface area (Å²) in [5.74, 6) is -0.300. The first-order chi connectivity index (χ1) is 20.5. The monoisotopic (exact) mass is 594 g/mol. The van der Waals surface area contributed by atoms with Gasteiger partial charge in [0.15, 0.2) is 23.3 Å². The number of benzene rings is 1. The second-order valence-electron chi connectivity index (χ2n) is 11.6. The van der Waals surface area contributed by atoms with Crippen LogP contribution in [0.25, 0.3) is 0 Å². The molecule has 15 nitrogen and oxygen atoms in total. The van der Waals surface area contributed by atoms with Crippen molar-refractivity contribution >= 4 is 23.7 Å². The van der Waals surface area contributed by atoms with Crippen LogP contribution in [-0.2, 0) is 5.41 Å². The van der Waals surface area contributed by atoms with Gasteiger partial charge in [-0.25, -0.2) is 9.98 Å². The van der Waals surface area contributed by atoms with Crippen LogP contribution >= 0.6 is 0 Å². The zero-order valence-electron chi connectivity index (χ0n) is 24.4. The minimum absolute atomic E-state index is 0.00643. The fourth-order valence-electron chi connectivity index (χ4n) is 5.75. The maximum absolute atomic E-state index is 13.4. The zero-order chi connectivity index (χ0) is 30.9. The van der Waals surface area contributed by atoms with Crippen molar-refractivity contribution in [1.29, 1.82) is 0 Å². The fraction of sp³-hybridized carbons (Fsp3) is 0.500. The second kappa shape index (κ2) is 11.6. The van der Waals surface area contributed by atoms with Crippen LogP contribution in [-0.4, -0.2) is 106 Å². The highest BCUT2D eigenvalue weighted by atomic mass is 16.5. The molecule has 15 heteroatoms. The molecular formula is C28H38N10O5. The second-order valence-corrected chi connectivity index (χ2v) is 11.6. The molecule has 2 aromatic rings. The lowest BCUT2D eigenvalue weighted by Crippen LogP contribution is -2.75. The van der Waals surface area contributed by atoms with E-state index >= 15 is 0 Å². The highest BCUT2D eigenvalue weighted by molar-refractivity contribution is 5.98. The van der Waals surface area contributed by atoms with Gasteiger partial charge in [0, 0.05) is 18.7 Å². The number of rotatable bonds is 9. The number of nitrogens with zero attached hydrogens (tertiary/aromatic N) is 5. The van der Waals surface area contributed by atoms with Crippen molar-refractivity contribution < 1.29 is 24.5 Å². The van der Waals surface area contributed by atoms with Crippen molar-refractivity contribution in [2.75, 3.05) is 32.9 Å². The Balaban J connectivity index is 1.35. The number of para-hydroxylation sites is 1. The standard InChI is InChI=1S/C28H38N10O5/c1-15-7-8-19(37-36-15)24(42)31-11-20-22-28(14-40,35-25(29)34-22)38(26(30)33-20)12-16(13-39)32-23(41)17-5-4-6-18-21(17)43-10-9-27(18,2)3/h4-8,16,20,22,39-40H,9-14H2,1-3H3,(H2,30,33)(H,31,42)(H,32,41)(H3,29,34,35)/t16?,20?,22?,28-/m1/s1. The molecule has 2 amide bonds. The Morgan fingerprint density at radius 1 is 1.16 bits per heavy atom. The Hall–Kier alpha value is -4.50. The van der Waals surface area contributed by atoms with Crippen LogP contribution in [0.4, 0.5) is 0 Å². The number of nitrogens with two attached hydrogens (primary N) is 2. The Labute approximate surface area is 248 Å². The van der Waals surface area contributed by atoms with Gasteiger partial charge in [0.05, 0.1) is 43.2 Å². The van der Waals surface area contributed by atoms with Crippen LogP contribution in [0.5, 0.6) is 5.75 Å². The number of aliphatic imine (C=N–C) groups is 2. The fourth-order valence-corrected chi connectivity index (χ4v) is 5.75. The summed E-state index contributed by atoms with van der Waals surface area (Å²) in [5, 5.41) is 37.4. The quantitative estimate of drug-likeness (QED) is 0.174. The molecule has 230 valence electrons. The topological polar surface area (TPSA) is 226 Å². The van der Waals surface area contributed by atoms with E-state index in [1.807, 2.05) is 12.1 Å². The molecule has 0 bridgehead atoms. The van der Waals surface area contributed by atoms with E-state index in [4.69, 9.17) is 16.2 Å². The molecule has 3 aliphatic rings. The molecule has 0 spiro atoms. The Bertz CT molecular complexity index is 1450. The Morgan fingerprint density at radius 2 is 1.95 bits per heavy atom. The van der Waals surface area contributed by atoms with E-state index in [2.05, 4.69) is 50.0 Å². The van der Waals surface area contributed by atoms with E-state index in [9.17, 15) is 19.8 Å². The van der Waals surface area contributed by atoms with Crippen molar-refractivity contribution in [2.24, 2.45) is 21.5 Å². The number of fused-ring (bicyclic) bond motifs is 2. The number of carbonyl (C=O) groups is 2. The molecule has 3 aliphatic heterocycles. The molecule has 4 atom stereocenters. The van der Waals surface area contributed by atoms with E-state index in [0.29, 0.717) is 23.6 Å². The first kappa shape index (κ1) is 30.0. The lowest BCUT2D eigenvalue weighted by atomic mass is 9.79. The molecular weight excluding hydrogens is 556 g/mol. The van der Waals surface area contributed by atoms with Gasteiger partial charge in [0.2, 0.25) is 0 Å². The molecule has 0 fully saturated rings. The number of hydrogen-bond acceptors (Lipinski definition) is 13. The van der Waals surface area contributed by atoms with Crippen LogP contribution in [0.3, 0.4) is 0 Å². The SMILES string of the molecule is Cc1ccc(C(=O)NCC2N=C(N)N(CC(CO)NC(=O)c3cccc4c3OCCC4(C)C)[C@@]3(CO)NC(N)=NC23)nn1. The number of guanidine groups is 2. The van der Waals surface area contributed by atoms with E-state index < -0.39 is 48.8 Å². The first-order valence-corrected chi connectivity index (χ1v) is 14.1. The van der Waals surface area contributed by atoms with Gasteiger partial charge in [-0.3, -0.25) is 9.59 Å². The van der Waals surface area contributed by atoms with Gasteiger partial charge in [0.1, 0.15) is 11.8 Å². The maximum Gasteiger partial charge on any atom is 0.271 e. The number of aryl methyl sites for hydroxylation is 1. The van der Waals surface area contributed by atoms with Crippen molar-refractivity contribution in [1.82, 2.24) is 31.0 Å². The van der Waals surface area contributed by atoms with Gasteiger partial charge >= 0.3 is 0 Å². The third kappa shape index (κ3) is 5.64. The normalized spacial score (nSPS) is 24.3. The number of aliphatic hydroxyl groups is 2. The van der Waals surface area contributed by atoms with E-state index in [1.54, 1.807) is 25.1 Å². The molecule has 3 unspecified atom stereocenters. The lowest BCUT2D eigenvalue weighted by molar-refractivity contribution is 0.0269. The molecule has 0 saturated carbocycles. The smallest absolute Gasteiger partial charge is 0.271 e. The van der Waals surface area contributed by atoms with Crippen molar-refractivity contribution in [2.45, 2.75) is 56.4 Å². The third-order valence-electron chi connectivity index (χ3n) is 8.20. The van der Waals surface area contributed by atoms with Crippen LogP contribution in [0.1, 0.15) is 52.4 Å². The number of aliphatic hydroxyl groups excluding tert-OH is 2. The van der Waals surface area contributed by atoms with Crippen LogP contribution < -0.4 is 32.2 Å². The summed E-state index contributed by atoms with van der Waals surface area (Å²) in [7, 11) is 0. The van der Waals surface area contributed by atoms with Gasteiger partial charge in [-0.1, -0.05) is 26.0 Å². The van der Waals surface area contributed by atoms with Gasteiger partial charge in [-0.05, 0) is 37.0 Å². The van der Waals surface area contributed by atoms with Crippen molar-refractivity contribution in [3.8, 4) is 5.75 Å². The van der Waals surface area contributed by atoms with E-state index in [0.717, 1.165) is 12.0 Å². The summed E-state index contributed by atoms with van der Waals surface area (Å²) >= 11 is 0. The summed E-state index contributed by atoms with van der Waals surface area (Å²) in [6, 6.07) is 6.40. The third-order valence-corrected chi connectivity index (χ3v) is 8.20. The largest absolute Gasteiger partial charge is 0.492 e. The molecule has 5 rings (SSSR count). The van der Waals surface area contributed by atoms with E-state index in [1.165, 1.54) is 4.90 Å². The van der Waals surface area contributed by atoms with Crippen LogP contribution in [0.15, 0.2) is 40.3 Å². The van der Waals surface area contributed by atoms with Crippen molar-refractivity contribution in [3.05, 3.63) is 52.8 Å². The molecule has 1 aromatic carbocycles. The molecule has 4 heterocycles. The summed E-state index contributed by atoms with van der Waals surface area (Å²) in [4.78, 5) is 36.7. The van der Waals surface area contributed by atoms with Gasteiger partial charge < -0.3 is 47.3 Å². The number of aromatic nitrogens is 2. The van der Waals surface area contributed by atoms with Gasteiger partial charge in [-0.15, -0.1) is 5.10 Å². The van der Waals surface area contributed by atoms with Crippen LogP contribution in [0, 0.1) is 6.92 Å². The first-order valence-electron chi connectivity index (χ1n) is 14.1. The zero-order valence-corrected chi connectivity index (χ0v) is 24.4. The molecule has 43 heavy (non-hydrogen) atoms. The molecule has 0 saturated heterocycles. The minimum atomic E-state index is -1.34. The number of amides is 2. The van der Waals surface area contributed by atoms with Gasteiger partial charge in [0.25, 0.3) is 11.8 Å². The number of hydrogen-bond donors (Lipinski definition) is 7. The highest BCUT2D eigenvalue weighted by Crippen LogP contribution is 2.40. The summed E-state index contributed by atoms with van der Waals surface area (Å²) < 4.78 is 5.90. The molecule has 1 aromatic heterocycles. The average molecular weight is 595 g/mol. The maximum atomic E-state index is 13.4. The summed E-state index contributed by atoms with van der Waals surface area (Å²) in [6.45, 7) is 5.51. The lowest BCUT2D eigenvalue weighted by Gasteiger charge is -2.49. The van der Waals surface area contributed by atoms with E-state index in [-0.39, 0.29) is 36.1 Å². The molecule has 0 aliphatic carbocycles. The minimum Gasteiger partial charge on any atom is -0.492 e. The van der Waals surface area contributed by atoms with Gasteiger partial charge in [-0.2, -0.15) is 5.10 Å². The predicted molar refractivity (Wildman–Crippen MR) is 158 cm³/mol. The predicted octanol–water partition coefficient (Wildman–Crippen LogP) is -1.66. The average Bonchev–Trinajstić information content (AvgIpc) is 3.34. The van der Waals surface area contributed by atoms with Crippen molar-refractivity contribution in [3.63, 3.8) is 0 Å². The summed E-state index contributed by atoms with van der Waals surface area (Å²) in [5.41, 5.74) is 13.1. The molecule has 0 radical (unpaired) electrons. The molecule has 9 N–H and O–H groups in total. The van der Waals surface area contributed by atoms with Crippen LogP contribution in [0.2, 0.25) is 0 Å². The highest BCUT2D eigenvalue weighted by Gasteiger charge is 2.55. The number of nitrogens with one attached hydrogen (secondary N) is 3.